The van der Waals surface area contributed by atoms with E-state index in [4.69, 9.17) is 10.5 Å². The van der Waals surface area contributed by atoms with Crippen LogP contribution < -0.4 is 10.5 Å². The van der Waals surface area contributed by atoms with Crippen LogP contribution in [0.2, 0.25) is 0 Å². The van der Waals surface area contributed by atoms with E-state index in [0.29, 0.717) is 11.6 Å². The molecule has 0 saturated heterocycles. The maximum atomic E-state index is 5.72. The molecule has 0 atom stereocenters. The molecule has 0 fully saturated rings. The molecule has 1 heterocycles. The van der Waals surface area contributed by atoms with Crippen molar-refractivity contribution in [3.63, 3.8) is 0 Å². The molecule has 0 spiro atoms. The zero-order valence-electron chi connectivity index (χ0n) is 9.97. The van der Waals surface area contributed by atoms with Gasteiger partial charge in [-0.05, 0) is 25.0 Å². The van der Waals surface area contributed by atoms with Gasteiger partial charge < -0.3 is 10.5 Å². The van der Waals surface area contributed by atoms with Gasteiger partial charge in [0, 0.05) is 23.5 Å². The highest BCUT2D eigenvalue weighted by Crippen LogP contribution is 2.25. The average Bonchev–Trinajstić information content (AvgIpc) is 2.34. The lowest BCUT2D eigenvalue weighted by Gasteiger charge is -2.08. The highest BCUT2D eigenvalue weighted by atomic mass is 16.5. The second-order valence-electron chi connectivity index (χ2n) is 3.83. The molecule has 4 heteroatoms. The van der Waals surface area contributed by atoms with Crippen LogP contribution in [0.4, 0.5) is 5.69 Å². The Balaban J connectivity index is 2.27. The number of nitrogens with zero attached hydrogens (tertiary/aromatic N) is 2. The van der Waals surface area contributed by atoms with Crippen molar-refractivity contribution in [3.8, 4) is 11.6 Å². The molecule has 88 valence electrons. The smallest absolute Gasteiger partial charge is 0.222 e. The van der Waals surface area contributed by atoms with Gasteiger partial charge in [-0.15, -0.1) is 0 Å². The summed E-state index contributed by atoms with van der Waals surface area (Å²) in [6, 6.07) is 7.40. The topological polar surface area (TPSA) is 61.0 Å². The first-order valence-corrected chi connectivity index (χ1v) is 5.54. The number of aromatic nitrogens is 2. The van der Waals surface area contributed by atoms with Gasteiger partial charge >= 0.3 is 0 Å². The van der Waals surface area contributed by atoms with Crippen LogP contribution >= 0.6 is 0 Å². The van der Waals surface area contributed by atoms with E-state index in [-0.39, 0.29) is 0 Å². The summed E-state index contributed by atoms with van der Waals surface area (Å²) >= 11 is 0. The molecule has 2 rings (SSSR count). The summed E-state index contributed by atoms with van der Waals surface area (Å²) in [5, 5.41) is 0. The number of ether oxygens (including phenoxy) is 1. The van der Waals surface area contributed by atoms with Crippen molar-refractivity contribution in [2.24, 2.45) is 0 Å². The van der Waals surface area contributed by atoms with Crippen molar-refractivity contribution in [2.75, 3.05) is 5.73 Å². The first-order valence-electron chi connectivity index (χ1n) is 5.54. The molecule has 1 aromatic carbocycles. The number of anilines is 1. The van der Waals surface area contributed by atoms with Crippen molar-refractivity contribution < 1.29 is 4.74 Å². The van der Waals surface area contributed by atoms with Crippen LogP contribution in [0.1, 0.15) is 18.2 Å². The molecule has 2 N–H and O–H groups in total. The van der Waals surface area contributed by atoms with E-state index in [1.165, 1.54) is 6.33 Å². The normalized spacial score (nSPS) is 10.2. The van der Waals surface area contributed by atoms with Crippen LogP contribution in [0, 0.1) is 6.92 Å². The van der Waals surface area contributed by atoms with Crippen LogP contribution in [0.25, 0.3) is 0 Å². The molecule has 1 aromatic heterocycles. The predicted molar refractivity (Wildman–Crippen MR) is 67.1 cm³/mol. The summed E-state index contributed by atoms with van der Waals surface area (Å²) in [6.07, 6.45) is 2.37. The molecule has 0 unspecified atom stereocenters. The molecule has 0 amide bonds. The van der Waals surface area contributed by atoms with Crippen LogP contribution in [0.5, 0.6) is 11.6 Å². The summed E-state index contributed by atoms with van der Waals surface area (Å²) in [6.45, 7) is 4.01. The van der Waals surface area contributed by atoms with E-state index in [9.17, 15) is 0 Å². The molecule has 0 saturated carbocycles. The Hall–Kier alpha value is -2.10. The van der Waals surface area contributed by atoms with Gasteiger partial charge in [0.1, 0.15) is 12.1 Å². The van der Waals surface area contributed by atoms with Crippen LogP contribution in [0.15, 0.2) is 30.6 Å². The second kappa shape index (κ2) is 4.82. The van der Waals surface area contributed by atoms with Gasteiger partial charge in [0.2, 0.25) is 5.88 Å². The van der Waals surface area contributed by atoms with Crippen molar-refractivity contribution >= 4 is 5.69 Å². The summed E-state index contributed by atoms with van der Waals surface area (Å²) in [4.78, 5) is 8.20. The highest BCUT2D eigenvalue weighted by Gasteiger charge is 2.04. The third-order valence-corrected chi connectivity index (χ3v) is 2.49. The van der Waals surface area contributed by atoms with Crippen LogP contribution in [-0.4, -0.2) is 9.97 Å². The summed E-state index contributed by atoms with van der Waals surface area (Å²) in [5.41, 5.74) is 8.38. The molecule has 0 aliphatic heterocycles. The van der Waals surface area contributed by atoms with Crippen molar-refractivity contribution in [1.82, 2.24) is 9.97 Å². The van der Waals surface area contributed by atoms with Gasteiger partial charge in [0.25, 0.3) is 0 Å². The minimum atomic E-state index is 0.547. The second-order valence-corrected chi connectivity index (χ2v) is 3.83. The Labute approximate surface area is 100 Å². The predicted octanol–water partition coefficient (Wildman–Crippen LogP) is 2.72. The maximum absolute atomic E-state index is 5.72. The van der Waals surface area contributed by atoms with E-state index in [1.54, 1.807) is 6.07 Å². The fourth-order valence-electron chi connectivity index (χ4n) is 1.47. The Morgan fingerprint density at radius 3 is 2.82 bits per heavy atom. The number of aryl methyl sites for hydroxylation is 2. The largest absolute Gasteiger partial charge is 0.439 e. The third-order valence-electron chi connectivity index (χ3n) is 2.49. The van der Waals surface area contributed by atoms with Gasteiger partial charge in [-0.3, -0.25) is 0 Å². The SMILES string of the molecule is CCc1cc(Oc2cc(N)ccc2C)ncn1. The lowest BCUT2D eigenvalue weighted by atomic mass is 10.2. The fraction of sp³-hybridized carbons (Fsp3) is 0.231. The van der Waals surface area contributed by atoms with Gasteiger partial charge in [-0.2, -0.15) is 0 Å². The van der Waals surface area contributed by atoms with Crippen molar-refractivity contribution in [3.05, 3.63) is 41.9 Å². The van der Waals surface area contributed by atoms with E-state index >= 15 is 0 Å². The monoisotopic (exact) mass is 229 g/mol. The molecule has 4 nitrogen and oxygen atoms in total. The molecule has 0 radical (unpaired) electrons. The van der Waals surface area contributed by atoms with Gasteiger partial charge in [-0.1, -0.05) is 13.0 Å². The minimum Gasteiger partial charge on any atom is -0.439 e. The quantitative estimate of drug-likeness (QED) is 0.822. The molecular formula is C13H15N3O. The van der Waals surface area contributed by atoms with E-state index in [2.05, 4.69) is 9.97 Å². The number of nitrogen functional groups attached to an aromatic ring is 1. The lowest BCUT2D eigenvalue weighted by molar-refractivity contribution is 0.457. The highest BCUT2D eigenvalue weighted by molar-refractivity contribution is 5.48. The number of rotatable bonds is 3. The average molecular weight is 229 g/mol. The molecule has 0 bridgehead atoms. The van der Waals surface area contributed by atoms with E-state index < -0.39 is 0 Å². The van der Waals surface area contributed by atoms with E-state index in [1.807, 2.05) is 32.0 Å². The Kier molecular flexibility index (Phi) is 3.23. The first kappa shape index (κ1) is 11.4. The molecule has 2 aromatic rings. The first-order chi connectivity index (χ1) is 8.19. The number of nitrogens with two attached hydrogens (primary N) is 1. The zero-order valence-corrected chi connectivity index (χ0v) is 9.97. The van der Waals surface area contributed by atoms with Crippen LogP contribution in [-0.2, 0) is 6.42 Å². The number of hydrogen-bond acceptors (Lipinski definition) is 4. The Bertz CT molecular complexity index is 526. The Morgan fingerprint density at radius 1 is 1.24 bits per heavy atom. The van der Waals surface area contributed by atoms with Gasteiger partial charge in [0.15, 0.2) is 0 Å². The Morgan fingerprint density at radius 2 is 2.06 bits per heavy atom. The standard InChI is InChI=1S/C13H15N3O/c1-3-11-7-13(16-8-15-11)17-12-6-10(14)5-4-9(12)2/h4-8H,3,14H2,1-2H3. The molecular weight excluding hydrogens is 214 g/mol. The summed E-state index contributed by atoms with van der Waals surface area (Å²) < 4.78 is 5.70. The summed E-state index contributed by atoms with van der Waals surface area (Å²) in [5.74, 6) is 1.27. The molecule has 0 aliphatic carbocycles. The molecule has 17 heavy (non-hydrogen) atoms. The lowest BCUT2D eigenvalue weighted by Crippen LogP contribution is -1.95. The minimum absolute atomic E-state index is 0.547. The van der Waals surface area contributed by atoms with Gasteiger partial charge in [0.05, 0.1) is 0 Å². The number of benzene rings is 1. The summed E-state index contributed by atoms with van der Waals surface area (Å²) in [7, 11) is 0. The maximum Gasteiger partial charge on any atom is 0.222 e. The van der Waals surface area contributed by atoms with Crippen molar-refractivity contribution in [1.29, 1.82) is 0 Å². The van der Waals surface area contributed by atoms with Gasteiger partial charge in [-0.25, -0.2) is 9.97 Å². The third kappa shape index (κ3) is 2.72. The van der Waals surface area contributed by atoms with Crippen molar-refractivity contribution in [2.45, 2.75) is 20.3 Å². The number of hydrogen-bond donors (Lipinski definition) is 1. The zero-order chi connectivity index (χ0) is 12.3. The van der Waals surface area contributed by atoms with E-state index in [0.717, 1.165) is 23.4 Å². The molecule has 0 aliphatic rings. The fourth-order valence-corrected chi connectivity index (χ4v) is 1.47. The van der Waals surface area contributed by atoms with Crippen LogP contribution in [0.3, 0.4) is 0 Å².